The molecule has 0 aliphatic carbocycles. The summed E-state index contributed by atoms with van der Waals surface area (Å²) >= 11 is 3.10. The molecular formula is C4H10O4S2. The molecule has 0 bridgehead atoms. The lowest BCUT2D eigenvalue weighted by Crippen LogP contribution is -2.23. The van der Waals surface area contributed by atoms with Crippen LogP contribution in [0.3, 0.4) is 0 Å². The third kappa shape index (κ3) is 5.04. The third-order valence-electron chi connectivity index (χ3n) is 0.443. The maximum atomic E-state index is 10.5. The van der Waals surface area contributed by atoms with Gasteiger partial charge in [0.2, 0.25) is 0 Å². The zero-order valence-corrected chi connectivity index (χ0v) is 7.70. The van der Waals surface area contributed by atoms with Crippen molar-refractivity contribution in [1.29, 1.82) is 0 Å². The minimum absolute atomic E-state index is 0.776. The van der Waals surface area contributed by atoms with Gasteiger partial charge in [-0.1, -0.05) is 0 Å². The fourth-order valence-electron chi connectivity index (χ4n) is 0.321. The average Bonchev–Trinajstić information content (AvgIpc) is 1.60. The molecule has 0 aromatic rings. The van der Waals surface area contributed by atoms with Crippen molar-refractivity contribution in [1.82, 2.24) is 0 Å². The van der Waals surface area contributed by atoms with Crippen molar-refractivity contribution in [3.63, 3.8) is 0 Å². The van der Waals surface area contributed by atoms with Gasteiger partial charge in [0.05, 0.1) is 5.60 Å². The maximum absolute atomic E-state index is 10.5. The first-order valence-electron chi connectivity index (χ1n) is 2.55. The molecule has 0 N–H and O–H groups in total. The van der Waals surface area contributed by atoms with E-state index in [0.717, 1.165) is 0 Å². The van der Waals surface area contributed by atoms with Crippen LogP contribution in [0.2, 0.25) is 0 Å². The Morgan fingerprint density at radius 3 is 1.80 bits per heavy atom. The van der Waals surface area contributed by atoms with Crippen LogP contribution in [0, 0.1) is 0 Å². The van der Waals surface area contributed by atoms with Crippen LogP contribution in [-0.2, 0) is 18.2 Å². The zero-order valence-electron chi connectivity index (χ0n) is 5.99. The van der Waals surface area contributed by atoms with Crippen molar-refractivity contribution in [2.24, 2.45) is 0 Å². The molecule has 0 aliphatic rings. The Balaban J connectivity index is 4.18. The predicted molar refractivity (Wildman–Crippen MR) is 39.8 cm³/mol. The van der Waals surface area contributed by atoms with Gasteiger partial charge in [0, 0.05) is 0 Å². The summed E-state index contributed by atoms with van der Waals surface area (Å²) in [4.78, 5) is 0. The lowest BCUT2D eigenvalue weighted by atomic mass is 10.2. The van der Waals surface area contributed by atoms with Crippen LogP contribution in [0.15, 0.2) is 0 Å². The minimum Gasteiger partial charge on any atom is -0.242 e. The normalized spacial score (nSPS) is 13.6. The molecule has 4 nitrogen and oxygen atoms in total. The molecule has 0 unspecified atom stereocenters. The summed E-state index contributed by atoms with van der Waals surface area (Å²) in [5, 5.41) is 0. The predicted octanol–water partition coefficient (Wildman–Crippen LogP) is 0.908. The molecule has 0 saturated heterocycles. The lowest BCUT2D eigenvalue weighted by Gasteiger charge is -2.16. The van der Waals surface area contributed by atoms with E-state index in [-0.39, 0.29) is 0 Å². The number of thiol groups is 1. The van der Waals surface area contributed by atoms with Gasteiger partial charge in [-0.05, 0) is 33.7 Å². The van der Waals surface area contributed by atoms with Gasteiger partial charge in [-0.15, -0.1) is 0 Å². The fraction of sp³-hybridized carbons (Fsp3) is 1.00. The van der Waals surface area contributed by atoms with Crippen molar-refractivity contribution in [3.05, 3.63) is 0 Å². The molecule has 0 rings (SSSR count). The second-order valence-electron chi connectivity index (χ2n) is 2.68. The zero-order chi connectivity index (χ0) is 8.41. The largest absolute Gasteiger partial charge is 0.411 e. The van der Waals surface area contributed by atoms with Gasteiger partial charge in [0.25, 0.3) is 0 Å². The van der Waals surface area contributed by atoms with Crippen LogP contribution >= 0.6 is 12.9 Å². The van der Waals surface area contributed by atoms with Gasteiger partial charge in [0.1, 0.15) is 0 Å². The van der Waals surface area contributed by atoms with Gasteiger partial charge in [-0.2, -0.15) is 12.0 Å². The van der Waals surface area contributed by atoms with Crippen molar-refractivity contribution in [2.75, 3.05) is 0 Å². The number of rotatable bonds is 2. The molecule has 0 aromatic heterocycles. The summed E-state index contributed by atoms with van der Waals surface area (Å²) < 4.78 is 29.2. The van der Waals surface area contributed by atoms with Crippen molar-refractivity contribution in [2.45, 2.75) is 26.4 Å². The van der Waals surface area contributed by atoms with Gasteiger partial charge in [0.15, 0.2) is 0 Å². The summed E-state index contributed by atoms with van der Waals surface area (Å²) in [6.45, 7) is 4.78. The maximum Gasteiger partial charge on any atom is 0.411 e. The molecule has 0 atom stereocenters. The van der Waals surface area contributed by atoms with E-state index in [0.29, 0.717) is 0 Å². The molecule has 0 radical (unpaired) electrons. The van der Waals surface area contributed by atoms with E-state index in [9.17, 15) is 8.42 Å². The first kappa shape index (κ1) is 10.2. The van der Waals surface area contributed by atoms with Crippen molar-refractivity contribution in [3.8, 4) is 0 Å². The topological polar surface area (TPSA) is 52.6 Å². The van der Waals surface area contributed by atoms with E-state index in [1.165, 1.54) is 0 Å². The molecule has 0 heterocycles. The average molecular weight is 186 g/mol. The second kappa shape index (κ2) is 3.08. The Kier molecular flexibility index (Phi) is 3.15. The SMILES string of the molecule is CC(C)(C)OS(=O)(=O)OS. The van der Waals surface area contributed by atoms with Crippen LogP contribution in [0.1, 0.15) is 20.8 Å². The van der Waals surface area contributed by atoms with Crippen LogP contribution in [0.5, 0.6) is 0 Å². The highest BCUT2D eigenvalue weighted by molar-refractivity contribution is 7.92. The van der Waals surface area contributed by atoms with Crippen LogP contribution in [0.4, 0.5) is 0 Å². The summed E-state index contributed by atoms with van der Waals surface area (Å²) in [7, 11) is -3.91. The van der Waals surface area contributed by atoms with Crippen molar-refractivity contribution < 1.29 is 16.2 Å². The van der Waals surface area contributed by atoms with E-state index in [1.807, 2.05) is 0 Å². The number of hydrogen-bond donors (Lipinski definition) is 1. The van der Waals surface area contributed by atoms with E-state index in [1.54, 1.807) is 20.8 Å². The molecular weight excluding hydrogens is 176 g/mol. The molecule has 6 heteroatoms. The van der Waals surface area contributed by atoms with E-state index in [2.05, 4.69) is 20.7 Å². The standard InChI is InChI=1S/C4H10O4S2/c1-4(2,3)7-10(5,6)8-9/h9H,1-3H3. The minimum atomic E-state index is -3.91. The summed E-state index contributed by atoms with van der Waals surface area (Å²) in [6, 6.07) is 0. The monoisotopic (exact) mass is 186 g/mol. The Morgan fingerprint density at radius 2 is 1.70 bits per heavy atom. The molecule has 0 aliphatic heterocycles. The molecule has 0 spiro atoms. The Bertz CT molecular complexity index is 188. The lowest BCUT2D eigenvalue weighted by molar-refractivity contribution is 0.124. The van der Waals surface area contributed by atoms with E-state index >= 15 is 0 Å². The highest BCUT2D eigenvalue weighted by Gasteiger charge is 2.21. The van der Waals surface area contributed by atoms with Gasteiger partial charge in [-0.3, -0.25) is 0 Å². The summed E-state index contributed by atoms with van der Waals surface area (Å²) in [5.74, 6) is 0. The molecule has 0 amide bonds. The van der Waals surface area contributed by atoms with Gasteiger partial charge < -0.3 is 0 Å². The van der Waals surface area contributed by atoms with Gasteiger partial charge >= 0.3 is 10.4 Å². The van der Waals surface area contributed by atoms with E-state index in [4.69, 9.17) is 0 Å². The Hall–Kier alpha value is 0.220. The quantitative estimate of drug-likeness (QED) is 0.514. The second-order valence-corrected chi connectivity index (χ2v) is 4.26. The Labute approximate surface area is 66.5 Å². The van der Waals surface area contributed by atoms with Crippen LogP contribution in [0.25, 0.3) is 0 Å². The van der Waals surface area contributed by atoms with Crippen molar-refractivity contribution >= 4 is 23.3 Å². The highest BCUT2D eigenvalue weighted by Crippen LogP contribution is 2.13. The smallest absolute Gasteiger partial charge is 0.242 e. The first-order chi connectivity index (χ1) is 4.27. The molecule has 62 valence electrons. The summed E-state index contributed by atoms with van der Waals surface area (Å²) in [6.07, 6.45) is 0. The molecule has 0 saturated carbocycles. The van der Waals surface area contributed by atoms with E-state index < -0.39 is 16.0 Å². The molecule has 0 fully saturated rings. The first-order valence-corrected chi connectivity index (χ1v) is 4.25. The fourth-order valence-corrected chi connectivity index (χ4v) is 1.06. The molecule has 10 heavy (non-hydrogen) atoms. The summed E-state index contributed by atoms with van der Waals surface area (Å²) in [5.41, 5.74) is -0.776. The third-order valence-corrected chi connectivity index (χ3v) is 1.88. The molecule has 0 aromatic carbocycles. The van der Waals surface area contributed by atoms with Crippen LogP contribution < -0.4 is 0 Å². The van der Waals surface area contributed by atoms with Crippen LogP contribution in [-0.4, -0.2) is 14.0 Å². The van der Waals surface area contributed by atoms with Gasteiger partial charge in [-0.25, -0.2) is 4.18 Å². The number of hydrogen-bond acceptors (Lipinski definition) is 5. The highest BCUT2D eigenvalue weighted by atomic mass is 32.3. The Morgan fingerprint density at radius 1 is 1.30 bits per heavy atom.